The molecule has 1 N–H and O–H groups in total. The van der Waals surface area contributed by atoms with Gasteiger partial charge in [-0.2, -0.15) is 9.50 Å². The molecule has 1 saturated heterocycles. The smallest absolute Gasteiger partial charge is 0.230 e. The van der Waals surface area contributed by atoms with Crippen LogP contribution in [-0.2, 0) is 0 Å². The van der Waals surface area contributed by atoms with Crippen LogP contribution in [0.5, 0.6) is 5.88 Å². The molecular formula is C19H20N4O3S. The van der Waals surface area contributed by atoms with Crippen molar-refractivity contribution in [3.8, 4) is 17.5 Å². The Morgan fingerprint density at radius 2 is 1.96 bits per heavy atom. The third-order valence-corrected chi connectivity index (χ3v) is 6.26. The van der Waals surface area contributed by atoms with Crippen LogP contribution in [0.4, 0.5) is 0 Å². The molecule has 7 nitrogen and oxygen atoms in total. The van der Waals surface area contributed by atoms with Crippen molar-refractivity contribution < 1.29 is 13.9 Å². The molecule has 5 heterocycles. The summed E-state index contributed by atoms with van der Waals surface area (Å²) in [5, 5.41) is 15.3. The van der Waals surface area contributed by atoms with E-state index in [2.05, 4.69) is 21.9 Å². The second-order valence-corrected chi connectivity index (χ2v) is 8.04. The van der Waals surface area contributed by atoms with Crippen LogP contribution in [0.25, 0.3) is 16.5 Å². The number of thiazole rings is 1. The van der Waals surface area contributed by atoms with E-state index >= 15 is 0 Å². The molecule has 1 unspecified atom stereocenters. The number of fused-ring (bicyclic) bond motifs is 1. The van der Waals surface area contributed by atoms with Crippen molar-refractivity contribution in [1.82, 2.24) is 19.5 Å². The number of aromatic hydroxyl groups is 1. The first-order valence-corrected chi connectivity index (χ1v) is 9.92. The molecule has 5 rings (SSSR count). The molecule has 140 valence electrons. The zero-order valence-corrected chi connectivity index (χ0v) is 15.7. The quantitative estimate of drug-likeness (QED) is 0.569. The minimum absolute atomic E-state index is 0.111. The lowest BCUT2D eigenvalue weighted by molar-refractivity contribution is 0.144. The van der Waals surface area contributed by atoms with Crippen molar-refractivity contribution >= 4 is 16.3 Å². The largest absolute Gasteiger partial charge is 0.492 e. The van der Waals surface area contributed by atoms with E-state index < -0.39 is 0 Å². The summed E-state index contributed by atoms with van der Waals surface area (Å²) in [6, 6.07) is 7.32. The van der Waals surface area contributed by atoms with E-state index in [1.807, 2.05) is 12.1 Å². The highest BCUT2D eigenvalue weighted by atomic mass is 32.1. The van der Waals surface area contributed by atoms with Gasteiger partial charge in [-0.15, -0.1) is 5.10 Å². The van der Waals surface area contributed by atoms with Gasteiger partial charge < -0.3 is 13.9 Å². The fourth-order valence-electron chi connectivity index (χ4n) is 3.65. The topological polar surface area (TPSA) is 79.9 Å². The van der Waals surface area contributed by atoms with Crippen LogP contribution in [0.2, 0.25) is 0 Å². The standard InChI is InChI=1S/C19H20N4O3S/c1-12-6-8-22(9-7-12)15(13-4-2-10-25-13)16-18(24)23-19(27-16)20-17(21-23)14-5-3-11-26-14/h2-5,10-12,15,24H,6-9H2,1H3. The number of likely N-dealkylation sites (tertiary alicyclic amines) is 1. The van der Waals surface area contributed by atoms with Crippen molar-refractivity contribution in [2.75, 3.05) is 13.1 Å². The van der Waals surface area contributed by atoms with Gasteiger partial charge in [-0.3, -0.25) is 4.90 Å². The highest BCUT2D eigenvalue weighted by Gasteiger charge is 2.33. The van der Waals surface area contributed by atoms with E-state index in [1.165, 1.54) is 15.9 Å². The third kappa shape index (κ3) is 2.85. The Kier molecular flexibility index (Phi) is 4.02. The number of piperidine rings is 1. The van der Waals surface area contributed by atoms with E-state index in [0.29, 0.717) is 16.5 Å². The van der Waals surface area contributed by atoms with Gasteiger partial charge in [0, 0.05) is 0 Å². The molecule has 0 aliphatic carbocycles. The molecule has 0 saturated carbocycles. The van der Waals surface area contributed by atoms with Gasteiger partial charge in [-0.05, 0) is 56.1 Å². The normalized spacial score (nSPS) is 17.7. The number of hydrogen-bond donors (Lipinski definition) is 1. The molecule has 0 bridgehead atoms. The van der Waals surface area contributed by atoms with Crippen molar-refractivity contribution in [2.24, 2.45) is 5.92 Å². The summed E-state index contributed by atoms with van der Waals surface area (Å²) >= 11 is 1.44. The van der Waals surface area contributed by atoms with Gasteiger partial charge in [0.2, 0.25) is 16.7 Å². The van der Waals surface area contributed by atoms with Crippen molar-refractivity contribution in [2.45, 2.75) is 25.8 Å². The Hall–Kier alpha value is -2.58. The predicted molar refractivity (Wildman–Crippen MR) is 101 cm³/mol. The summed E-state index contributed by atoms with van der Waals surface area (Å²) in [5.41, 5.74) is 0. The monoisotopic (exact) mass is 384 g/mol. The van der Waals surface area contributed by atoms with E-state index in [-0.39, 0.29) is 11.9 Å². The van der Waals surface area contributed by atoms with Gasteiger partial charge >= 0.3 is 0 Å². The molecule has 4 aromatic rings. The van der Waals surface area contributed by atoms with Crippen molar-refractivity contribution in [1.29, 1.82) is 0 Å². The van der Waals surface area contributed by atoms with E-state index in [1.54, 1.807) is 24.7 Å². The summed E-state index contributed by atoms with van der Waals surface area (Å²) in [7, 11) is 0. The number of rotatable bonds is 4. The van der Waals surface area contributed by atoms with Crippen LogP contribution < -0.4 is 0 Å². The fourth-order valence-corrected chi connectivity index (χ4v) is 4.74. The molecule has 1 aliphatic heterocycles. The Morgan fingerprint density at radius 1 is 1.19 bits per heavy atom. The zero-order valence-electron chi connectivity index (χ0n) is 14.9. The molecule has 0 aromatic carbocycles. The Labute approximate surface area is 159 Å². The van der Waals surface area contributed by atoms with E-state index in [9.17, 15) is 5.11 Å². The highest BCUT2D eigenvalue weighted by Crippen LogP contribution is 2.41. The van der Waals surface area contributed by atoms with Gasteiger partial charge in [0.25, 0.3) is 0 Å². The number of nitrogens with zero attached hydrogens (tertiary/aromatic N) is 4. The molecule has 1 aliphatic rings. The average molecular weight is 384 g/mol. The van der Waals surface area contributed by atoms with Gasteiger partial charge in [-0.1, -0.05) is 18.3 Å². The summed E-state index contributed by atoms with van der Waals surface area (Å²) in [5.74, 6) is 2.72. The maximum Gasteiger partial charge on any atom is 0.230 e. The van der Waals surface area contributed by atoms with Crippen LogP contribution >= 0.6 is 11.3 Å². The minimum Gasteiger partial charge on any atom is -0.492 e. The lowest BCUT2D eigenvalue weighted by Crippen LogP contribution is -2.36. The van der Waals surface area contributed by atoms with Crippen LogP contribution in [0.3, 0.4) is 0 Å². The predicted octanol–water partition coefficient (Wildman–Crippen LogP) is 4.17. The minimum atomic E-state index is -0.131. The van der Waals surface area contributed by atoms with E-state index in [4.69, 9.17) is 8.83 Å². The molecule has 0 amide bonds. The Morgan fingerprint density at radius 3 is 2.63 bits per heavy atom. The van der Waals surface area contributed by atoms with Crippen LogP contribution in [0.1, 0.15) is 36.4 Å². The second kappa shape index (κ2) is 6.54. The van der Waals surface area contributed by atoms with Crippen LogP contribution in [-0.4, -0.2) is 37.7 Å². The molecule has 1 fully saturated rings. The van der Waals surface area contributed by atoms with E-state index in [0.717, 1.165) is 42.5 Å². The zero-order chi connectivity index (χ0) is 18.4. The fraction of sp³-hybridized carbons (Fsp3) is 0.368. The molecule has 0 radical (unpaired) electrons. The van der Waals surface area contributed by atoms with Gasteiger partial charge in [0.1, 0.15) is 11.8 Å². The van der Waals surface area contributed by atoms with Gasteiger partial charge in [-0.25, -0.2) is 0 Å². The number of furan rings is 2. The SMILES string of the molecule is CC1CCN(C(c2ccco2)c2sc3nc(-c4ccco4)nn3c2O)CC1. The average Bonchev–Trinajstić information content (AvgIpc) is 3.44. The maximum atomic E-state index is 10.9. The first-order chi connectivity index (χ1) is 13.2. The molecule has 8 heteroatoms. The third-order valence-electron chi connectivity index (χ3n) is 5.19. The number of hydrogen-bond acceptors (Lipinski definition) is 7. The van der Waals surface area contributed by atoms with Crippen molar-refractivity contribution in [3.63, 3.8) is 0 Å². The molecule has 1 atom stereocenters. The Bertz CT molecular complexity index is 1030. The molecule has 0 spiro atoms. The summed E-state index contributed by atoms with van der Waals surface area (Å²) in [6.07, 6.45) is 5.54. The van der Waals surface area contributed by atoms with Crippen LogP contribution in [0, 0.1) is 5.92 Å². The molecule has 27 heavy (non-hydrogen) atoms. The second-order valence-electron chi connectivity index (χ2n) is 7.03. The van der Waals surface area contributed by atoms with Gasteiger partial charge in [0.15, 0.2) is 5.76 Å². The first-order valence-electron chi connectivity index (χ1n) is 9.10. The van der Waals surface area contributed by atoms with Gasteiger partial charge in [0.05, 0.1) is 17.4 Å². The maximum absolute atomic E-state index is 10.9. The highest BCUT2D eigenvalue weighted by molar-refractivity contribution is 7.17. The lowest BCUT2D eigenvalue weighted by atomic mass is 9.97. The summed E-state index contributed by atoms with van der Waals surface area (Å²) < 4.78 is 12.6. The van der Waals surface area contributed by atoms with Crippen molar-refractivity contribution in [3.05, 3.63) is 47.4 Å². The lowest BCUT2D eigenvalue weighted by Gasteiger charge is -2.35. The molecule has 4 aromatic heterocycles. The molecular weight excluding hydrogens is 364 g/mol. The first kappa shape index (κ1) is 16.6. The Balaban J connectivity index is 1.56. The number of aromatic nitrogens is 3. The van der Waals surface area contributed by atoms with Crippen LogP contribution in [0.15, 0.2) is 45.6 Å². The summed E-state index contributed by atoms with van der Waals surface area (Å²) in [6.45, 7) is 4.23. The summed E-state index contributed by atoms with van der Waals surface area (Å²) in [4.78, 5) is 8.34.